The van der Waals surface area contributed by atoms with Crippen molar-refractivity contribution >= 4 is 0 Å². The zero-order chi connectivity index (χ0) is 22.1. The first-order valence-corrected chi connectivity index (χ1v) is 11.2. The molecule has 0 aliphatic carbocycles. The molecule has 1 atom stereocenters. The van der Waals surface area contributed by atoms with Crippen molar-refractivity contribution < 1.29 is 5.11 Å². The summed E-state index contributed by atoms with van der Waals surface area (Å²) < 4.78 is 0. The number of aliphatic hydroxyl groups excluding tert-OH is 1. The number of nitrogens with one attached hydrogen (secondary N) is 1. The molecule has 0 aliphatic heterocycles. The Morgan fingerprint density at radius 3 is 1.77 bits per heavy atom. The van der Waals surface area contributed by atoms with Crippen LogP contribution in [0.2, 0.25) is 0 Å². The molecule has 164 valence electrons. The lowest BCUT2D eigenvalue weighted by molar-refractivity contribution is 0.100. The smallest absolute Gasteiger partial charge is 0.0552 e. The van der Waals surface area contributed by atoms with Crippen LogP contribution in [-0.2, 0) is 26.1 Å². The molecule has 0 bridgehead atoms. The average molecular weight is 417 g/mol. The van der Waals surface area contributed by atoms with Gasteiger partial charge in [0.15, 0.2) is 0 Å². The maximum atomic E-state index is 9.81. The Morgan fingerprint density at radius 1 is 0.774 bits per heavy atom. The van der Waals surface area contributed by atoms with E-state index in [-0.39, 0.29) is 11.6 Å². The minimum Gasteiger partial charge on any atom is -0.393 e. The van der Waals surface area contributed by atoms with Gasteiger partial charge < -0.3 is 10.4 Å². The van der Waals surface area contributed by atoms with E-state index in [4.69, 9.17) is 0 Å². The van der Waals surface area contributed by atoms with E-state index in [1.807, 2.05) is 13.0 Å². The van der Waals surface area contributed by atoms with E-state index in [9.17, 15) is 5.11 Å². The fourth-order valence-corrected chi connectivity index (χ4v) is 3.95. The summed E-state index contributed by atoms with van der Waals surface area (Å²) in [5, 5.41) is 13.5. The number of hydrogen-bond donors (Lipinski definition) is 2. The summed E-state index contributed by atoms with van der Waals surface area (Å²) >= 11 is 0. The number of rotatable bonds is 11. The third-order valence-corrected chi connectivity index (χ3v) is 5.80. The normalized spacial score (nSPS) is 12.8. The van der Waals surface area contributed by atoms with E-state index in [0.29, 0.717) is 6.42 Å². The molecular formula is C28H36N2O. The molecule has 3 rings (SSSR count). The largest absolute Gasteiger partial charge is 0.393 e. The van der Waals surface area contributed by atoms with Crippen LogP contribution in [0.5, 0.6) is 0 Å². The first-order valence-electron chi connectivity index (χ1n) is 11.2. The summed E-state index contributed by atoms with van der Waals surface area (Å²) in [5.41, 5.74) is 5.10. The molecule has 3 nitrogen and oxygen atoms in total. The monoisotopic (exact) mass is 416 g/mol. The quantitative estimate of drug-likeness (QED) is 0.452. The summed E-state index contributed by atoms with van der Waals surface area (Å²) in [6.45, 7) is 9.96. The van der Waals surface area contributed by atoms with Gasteiger partial charge >= 0.3 is 0 Å². The van der Waals surface area contributed by atoms with Gasteiger partial charge in [0.2, 0.25) is 0 Å². The van der Waals surface area contributed by atoms with Crippen molar-refractivity contribution in [3.8, 4) is 0 Å². The molecule has 0 saturated carbocycles. The molecule has 3 aromatic rings. The SMILES string of the molecule is CC(O)Cc1ccccc1CNCC(C)(C)N(Cc1ccccc1)Cc1ccccc1. The third kappa shape index (κ3) is 7.32. The molecule has 0 amide bonds. The summed E-state index contributed by atoms with van der Waals surface area (Å²) in [6.07, 6.45) is 0.361. The zero-order valence-electron chi connectivity index (χ0n) is 19.1. The highest BCUT2D eigenvalue weighted by Crippen LogP contribution is 2.21. The maximum Gasteiger partial charge on any atom is 0.0552 e. The van der Waals surface area contributed by atoms with Crippen LogP contribution in [0.4, 0.5) is 0 Å². The predicted octanol–water partition coefficient (Wildman–Crippen LogP) is 5.18. The molecule has 0 aromatic heterocycles. The van der Waals surface area contributed by atoms with Crippen molar-refractivity contribution in [2.24, 2.45) is 0 Å². The summed E-state index contributed by atoms with van der Waals surface area (Å²) in [5.74, 6) is 0. The second-order valence-corrected chi connectivity index (χ2v) is 9.07. The number of hydrogen-bond acceptors (Lipinski definition) is 3. The van der Waals surface area contributed by atoms with Crippen molar-refractivity contribution in [2.75, 3.05) is 6.54 Å². The third-order valence-electron chi connectivity index (χ3n) is 5.80. The van der Waals surface area contributed by atoms with Crippen LogP contribution in [0.3, 0.4) is 0 Å². The lowest BCUT2D eigenvalue weighted by atomic mass is 9.98. The van der Waals surface area contributed by atoms with Crippen molar-refractivity contribution in [2.45, 2.75) is 58.5 Å². The maximum absolute atomic E-state index is 9.81. The van der Waals surface area contributed by atoms with Gasteiger partial charge in [0, 0.05) is 31.7 Å². The van der Waals surface area contributed by atoms with Gasteiger partial charge in [-0.2, -0.15) is 0 Å². The Balaban J connectivity index is 1.69. The van der Waals surface area contributed by atoms with Crippen LogP contribution in [0, 0.1) is 0 Å². The molecular weight excluding hydrogens is 380 g/mol. The molecule has 0 aliphatic rings. The van der Waals surface area contributed by atoms with Gasteiger partial charge in [0.25, 0.3) is 0 Å². The van der Waals surface area contributed by atoms with Gasteiger partial charge in [-0.1, -0.05) is 84.9 Å². The van der Waals surface area contributed by atoms with Gasteiger partial charge in [-0.15, -0.1) is 0 Å². The highest BCUT2D eigenvalue weighted by molar-refractivity contribution is 5.27. The van der Waals surface area contributed by atoms with Crippen molar-refractivity contribution in [3.05, 3.63) is 107 Å². The van der Waals surface area contributed by atoms with Crippen LogP contribution >= 0.6 is 0 Å². The zero-order valence-corrected chi connectivity index (χ0v) is 19.1. The van der Waals surface area contributed by atoms with Crippen LogP contribution < -0.4 is 5.32 Å². The second-order valence-electron chi connectivity index (χ2n) is 9.07. The number of nitrogens with zero attached hydrogens (tertiary/aromatic N) is 1. The molecule has 0 fully saturated rings. The Morgan fingerprint density at radius 2 is 1.26 bits per heavy atom. The van der Waals surface area contributed by atoms with Crippen LogP contribution in [-0.4, -0.2) is 28.2 Å². The van der Waals surface area contributed by atoms with E-state index in [2.05, 4.69) is 103 Å². The van der Waals surface area contributed by atoms with E-state index < -0.39 is 0 Å². The predicted molar refractivity (Wildman–Crippen MR) is 130 cm³/mol. The summed E-state index contributed by atoms with van der Waals surface area (Å²) in [7, 11) is 0. The second kappa shape index (κ2) is 11.2. The van der Waals surface area contributed by atoms with Gasteiger partial charge in [-0.25, -0.2) is 0 Å². The Labute approximate surface area is 187 Å². The molecule has 0 radical (unpaired) electrons. The first kappa shape index (κ1) is 23.2. The molecule has 1 unspecified atom stereocenters. The molecule has 3 aromatic carbocycles. The summed E-state index contributed by atoms with van der Waals surface area (Å²) in [4.78, 5) is 2.55. The first-order chi connectivity index (χ1) is 14.9. The van der Waals surface area contributed by atoms with E-state index in [0.717, 1.165) is 26.2 Å². The average Bonchev–Trinajstić information content (AvgIpc) is 2.75. The molecule has 2 N–H and O–H groups in total. The minimum atomic E-state index is -0.329. The molecule has 3 heteroatoms. The minimum absolute atomic E-state index is 0.0368. The van der Waals surface area contributed by atoms with Crippen molar-refractivity contribution in [1.29, 1.82) is 0 Å². The lowest BCUT2D eigenvalue weighted by Crippen LogP contribution is -2.49. The Kier molecular flexibility index (Phi) is 8.42. The highest BCUT2D eigenvalue weighted by atomic mass is 16.3. The lowest BCUT2D eigenvalue weighted by Gasteiger charge is -2.39. The summed E-state index contributed by atoms with van der Waals surface area (Å²) in [6, 6.07) is 29.8. The molecule has 0 saturated heterocycles. The number of aliphatic hydroxyl groups is 1. The van der Waals surface area contributed by atoms with E-state index in [1.54, 1.807) is 0 Å². The fourth-order valence-electron chi connectivity index (χ4n) is 3.95. The molecule has 0 spiro atoms. The van der Waals surface area contributed by atoms with E-state index >= 15 is 0 Å². The Hall–Kier alpha value is -2.46. The number of benzene rings is 3. The van der Waals surface area contributed by atoms with Crippen molar-refractivity contribution in [3.63, 3.8) is 0 Å². The molecule has 31 heavy (non-hydrogen) atoms. The molecule has 0 heterocycles. The van der Waals surface area contributed by atoms with Gasteiger partial charge in [-0.05, 0) is 49.4 Å². The van der Waals surface area contributed by atoms with Crippen LogP contribution in [0.25, 0.3) is 0 Å². The van der Waals surface area contributed by atoms with E-state index in [1.165, 1.54) is 22.3 Å². The van der Waals surface area contributed by atoms with Gasteiger partial charge in [0.05, 0.1) is 6.10 Å². The van der Waals surface area contributed by atoms with Gasteiger partial charge in [-0.3, -0.25) is 4.90 Å². The van der Waals surface area contributed by atoms with Crippen LogP contribution in [0.15, 0.2) is 84.9 Å². The Bertz CT molecular complexity index is 865. The topological polar surface area (TPSA) is 35.5 Å². The van der Waals surface area contributed by atoms with Gasteiger partial charge in [0.1, 0.15) is 0 Å². The standard InChI is InChI=1S/C28H36N2O/c1-23(31)18-26-16-10-11-17-27(26)19-29-22-28(2,3)30(20-24-12-6-4-7-13-24)21-25-14-8-5-9-15-25/h4-17,23,29,31H,18-22H2,1-3H3. The van der Waals surface area contributed by atoms with Crippen molar-refractivity contribution in [1.82, 2.24) is 10.2 Å². The highest BCUT2D eigenvalue weighted by Gasteiger charge is 2.26. The fraction of sp³-hybridized carbons (Fsp3) is 0.357. The van der Waals surface area contributed by atoms with Crippen LogP contribution in [0.1, 0.15) is 43.0 Å².